The molecule has 0 fully saturated rings. The first-order valence-corrected chi connectivity index (χ1v) is 22.0. The largest absolute Gasteiger partial charge is 0.456 e. The molecule has 10 aromatic carbocycles. The minimum atomic E-state index is -0.472. The van der Waals surface area contributed by atoms with Gasteiger partial charge >= 0.3 is 0 Å². The van der Waals surface area contributed by atoms with Gasteiger partial charge in [0, 0.05) is 32.9 Å². The standard InChI is InChI=1S/C61H37NO2/c1-3-14-38(15-4-1)40-26-29-42(30-27-40)62(43-31-32-47-46-20-9-12-24-54(46)61(55(47)35-43)52-22-10-7-18-44(52)45-19-8-11-23-53(45)61)56-25-13-21-48-50-36-58-51(37-59(50)64-60(48)56)49-34-41(28-33-57(49)63-58)39-16-5-2-6-17-39/h1-37H. The second-order valence-electron chi connectivity index (χ2n) is 17.1. The van der Waals surface area contributed by atoms with Gasteiger partial charge in [-0.2, -0.15) is 0 Å². The molecule has 0 N–H and O–H groups in total. The maximum Gasteiger partial charge on any atom is 0.159 e. The molecule has 3 heteroatoms. The Kier molecular flexibility index (Phi) is 7.32. The van der Waals surface area contributed by atoms with Crippen molar-refractivity contribution >= 4 is 60.9 Å². The lowest BCUT2D eigenvalue weighted by Gasteiger charge is -2.32. The van der Waals surface area contributed by atoms with E-state index in [9.17, 15) is 0 Å². The molecule has 298 valence electrons. The van der Waals surface area contributed by atoms with Crippen LogP contribution >= 0.6 is 0 Å². The molecule has 0 unspecified atom stereocenters. The van der Waals surface area contributed by atoms with Crippen molar-refractivity contribution in [2.75, 3.05) is 4.90 Å². The molecule has 2 aromatic heterocycles. The molecule has 0 saturated heterocycles. The zero-order valence-electron chi connectivity index (χ0n) is 34.6. The minimum absolute atomic E-state index is 0.472. The molecular formula is C61H37NO2. The maximum atomic E-state index is 7.09. The number of para-hydroxylation sites is 1. The highest BCUT2D eigenvalue weighted by Crippen LogP contribution is 2.63. The van der Waals surface area contributed by atoms with Crippen LogP contribution in [0.2, 0.25) is 0 Å². The molecule has 0 radical (unpaired) electrons. The molecule has 0 saturated carbocycles. The number of benzene rings is 10. The zero-order valence-corrected chi connectivity index (χ0v) is 34.6. The van der Waals surface area contributed by atoms with Crippen LogP contribution in [-0.4, -0.2) is 0 Å². The van der Waals surface area contributed by atoms with E-state index >= 15 is 0 Å². The minimum Gasteiger partial charge on any atom is -0.456 e. The average molecular weight is 816 g/mol. The van der Waals surface area contributed by atoms with Crippen molar-refractivity contribution in [2.24, 2.45) is 0 Å². The molecular weight excluding hydrogens is 779 g/mol. The fraction of sp³-hybridized carbons (Fsp3) is 0.0164. The van der Waals surface area contributed by atoms with E-state index in [1.54, 1.807) is 0 Å². The van der Waals surface area contributed by atoms with Crippen LogP contribution in [-0.2, 0) is 5.41 Å². The number of hydrogen-bond donors (Lipinski definition) is 0. The fourth-order valence-electron chi connectivity index (χ4n) is 11.1. The quantitative estimate of drug-likeness (QED) is 0.173. The Morgan fingerprint density at radius 2 is 0.797 bits per heavy atom. The lowest BCUT2D eigenvalue weighted by Crippen LogP contribution is -2.26. The molecule has 0 atom stereocenters. The third kappa shape index (κ3) is 4.86. The molecule has 0 bridgehead atoms. The summed E-state index contributed by atoms with van der Waals surface area (Å²) in [5.74, 6) is 0. The van der Waals surface area contributed by atoms with E-state index in [0.29, 0.717) is 0 Å². The Hall–Kier alpha value is -8.40. The van der Waals surface area contributed by atoms with Gasteiger partial charge in [0.05, 0.1) is 11.1 Å². The van der Waals surface area contributed by atoms with E-state index in [-0.39, 0.29) is 0 Å². The summed E-state index contributed by atoms with van der Waals surface area (Å²) in [6.45, 7) is 0. The Labute approximate surface area is 369 Å². The van der Waals surface area contributed by atoms with Crippen LogP contribution in [0.1, 0.15) is 22.3 Å². The molecule has 64 heavy (non-hydrogen) atoms. The molecule has 2 aliphatic rings. The lowest BCUT2D eigenvalue weighted by molar-refractivity contribution is 0.664. The van der Waals surface area contributed by atoms with E-state index in [1.807, 2.05) is 0 Å². The number of anilines is 3. The number of furan rings is 2. The first-order valence-electron chi connectivity index (χ1n) is 22.0. The summed E-state index contributed by atoms with van der Waals surface area (Å²) in [7, 11) is 0. The highest BCUT2D eigenvalue weighted by Gasteiger charge is 2.51. The molecule has 14 rings (SSSR count). The van der Waals surface area contributed by atoms with Crippen molar-refractivity contribution < 1.29 is 8.83 Å². The SMILES string of the molecule is c1ccc(-c2ccc(N(c3ccc4c(c3)C3(c5ccccc5-c5ccccc53)c3ccccc3-4)c3cccc4c3oc3cc5c(cc34)oc3ccc(-c4ccccc4)cc35)cc2)cc1. The van der Waals surface area contributed by atoms with Crippen molar-refractivity contribution in [2.45, 2.75) is 5.41 Å². The molecule has 0 amide bonds. The van der Waals surface area contributed by atoms with Crippen LogP contribution in [0.4, 0.5) is 17.1 Å². The maximum absolute atomic E-state index is 7.09. The number of fused-ring (bicyclic) bond motifs is 16. The van der Waals surface area contributed by atoms with E-state index in [2.05, 4.69) is 229 Å². The number of hydrogen-bond acceptors (Lipinski definition) is 3. The fourth-order valence-corrected chi connectivity index (χ4v) is 11.1. The van der Waals surface area contributed by atoms with E-state index in [4.69, 9.17) is 8.83 Å². The summed E-state index contributed by atoms with van der Waals surface area (Å²) in [5, 5.41) is 4.17. The van der Waals surface area contributed by atoms with Crippen molar-refractivity contribution in [1.82, 2.24) is 0 Å². The molecule has 2 heterocycles. The Bertz CT molecular complexity index is 3780. The molecule has 0 aliphatic heterocycles. The third-order valence-corrected chi connectivity index (χ3v) is 13.9. The highest BCUT2D eigenvalue weighted by molar-refractivity contribution is 6.17. The molecule has 3 nitrogen and oxygen atoms in total. The summed E-state index contributed by atoms with van der Waals surface area (Å²) in [5.41, 5.74) is 21.0. The smallest absolute Gasteiger partial charge is 0.159 e. The van der Waals surface area contributed by atoms with Gasteiger partial charge in [-0.15, -0.1) is 0 Å². The summed E-state index contributed by atoms with van der Waals surface area (Å²) in [6, 6.07) is 81.4. The van der Waals surface area contributed by atoms with Gasteiger partial charge in [0.15, 0.2) is 5.58 Å². The van der Waals surface area contributed by atoms with Crippen molar-refractivity contribution in [3.05, 3.63) is 247 Å². The summed E-state index contributed by atoms with van der Waals surface area (Å²) < 4.78 is 13.6. The lowest BCUT2D eigenvalue weighted by atomic mass is 9.70. The van der Waals surface area contributed by atoms with Gasteiger partial charge in [0.1, 0.15) is 16.7 Å². The van der Waals surface area contributed by atoms with Gasteiger partial charge in [0.25, 0.3) is 0 Å². The Morgan fingerprint density at radius 1 is 0.297 bits per heavy atom. The topological polar surface area (TPSA) is 29.5 Å². The van der Waals surface area contributed by atoms with Gasteiger partial charge < -0.3 is 13.7 Å². The Morgan fingerprint density at radius 3 is 1.45 bits per heavy atom. The predicted octanol–water partition coefficient (Wildman–Crippen LogP) is 16.6. The van der Waals surface area contributed by atoms with Gasteiger partial charge in [0.2, 0.25) is 0 Å². The van der Waals surface area contributed by atoms with Gasteiger partial charge in [-0.25, -0.2) is 0 Å². The predicted molar refractivity (Wildman–Crippen MR) is 263 cm³/mol. The van der Waals surface area contributed by atoms with Crippen molar-refractivity contribution in [1.29, 1.82) is 0 Å². The van der Waals surface area contributed by atoms with E-state index in [1.165, 1.54) is 61.2 Å². The number of nitrogens with zero attached hydrogens (tertiary/aromatic N) is 1. The summed E-state index contributed by atoms with van der Waals surface area (Å²) >= 11 is 0. The molecule has 2 aliphatic carbocycles. The highest BCUT2D eigenvalue weighted by atomic mass is 16.3. The monoisotopic (exact) mass is 815 g/mol. The van der Waals surface area contributed by atoms with Crippen LogP contribution in [0.3, 0.4) is 0 Å². The molecule has 12 aromatic rings. The third-order valence-electron chi connectivity index (χ3n) is 13.9. The van der Waals surface area contributed by atoms with Gasteiger partial charge in [-0.1, -0.05) is 170 Å². The zero-order chi connectivity index (χ0) is 41.9. The van der Waals surface area contributed by atoms with Crippen LogP contribution < -0.4 is 4.90 Å². The van der Waals surface area contributed by atoms with E-state index < -0.39 is 5.41 Å². The van der Waals surface area contributed by atoms with Crippen LogP contribution in [0.5, 0.6) is 0 Å². The summed E-state index contributed by atoms with van der Waals surface area (Å²) in [6.07, 6.45) is 0. The second kappa shape index (κ2) is 13.3. The van der Waals surface area contributed by atoms with Crippen LogP contribution in [0.15, 0.2) is 233 Å². The van der Waals surface area contributed by atoms with Gasteiger partial charge in [-0.05, 0) is 121 Å². The average Bonchev–Trinajstić information content (AvgIpc) is 4.09. The van der Waals surface area contributed by atoms with Crippen molar-refractivity contribution in [3.8, 4) is 44.5 Å². The van der Waals surface area contributed by atoms with Gasteiger partial charge in [-0.3, -0.25) is 0 Å². The first kappa shape index (κ1) is 35.2. The van der Waals surface area contributed by atoms with Crippen LogP contribution in [0.25, 0.3) is 88.4 Å². The normalized spacial score (nSPS) is 13.1. The van der Waals surface area contributed by atoms with Crippen molar-refractivity contribution in [3.63, 3.8) is 0 Å². The van der Waals surface area contributed by atoms with Crippen LogP contribution in [0, 0.1) is 0 Å². The molecule has 1 spiro atoms. The van der Waals surface area contributed by atoms with E-state index in [0.717, 1.165) is 66.5 Å². The number of rotatable bonds is 5. The second-order valence-corrected chi connectivity index (χ2v) is 17.1. The first-order chi connectivity index (χ1) is 31.7. The Balaban J connectivity index is 0.998. The summed E-state index contributed by atoms with van der Waals surface area (Å²) in [4.78, 5) is 2.38.